The fourth-order valence-electron chi connectivity index (χ4n) is 5.30. The smallest absolute Gasteiger partial charge is 0.115 e. The van der Waals surface area contributed by atoms with Gasteiger partial charge in [-0.3, -0.25) is 4.90 Å². The summed E-state index contributed by atoms with van der Waals surface area (Å²) in [6.07, 6.45) is 6.11. The van der Waals surface area contributed by atoms with E-state index in [0.29, 0.717) is 23.8 Å². The number of benzene rings is 1. The maximum Gasteiger partial charge on any atom is 0.115 e. The molecule has 2 nitrogen and oxygen atoms in total. The molecule has 0 aromatic heterocycles. The van der Waals surface area contributed by atoms with Crippen molar-refractivity contribution in [2.75, 3.05) is 6.54 Å². The second-order valence-electron chi connectivity index (χ2n) is 7.54. The average molecular weight is 301 g/mol. The highest BCUT2D eigenvalue weighted by molar-refractivity contribution is 5.44. The molecule has 2 heteroatoms. The molecule has 3 rings (SSSR count). The number of rotatable bonds is 4. The van der Waals surface area contributed by atoms with Crippen molar-refractivity contribution in [2.24, 2.45) is 5.92 Å². The molecule has 2 bridgehead atoms. The van der Waals surface area contributed by atoms with Crippen LogP contribution in [0, 0.1) is 5.92 Å². The first-order valence-corrected chi connectivity index (χ1v) is 9.11. The predicted octanol–water partition coefficient (Wildman–Crippen LogP) is 4.50. The summed E-state index contributed by atoms with van der Waals surface area (Å²) in [4.78, 5) is 2.78. The van der Waals surface area contributed by atoms with Crippen LogP contribution in [-0.4, -0.2) is 28.6 Å². The van der Waals surface area contributed by atoms with Gasteiger partial charge >= 0.3 is 0 Å². The van der Waals surface area contributed by atoms with Crippen molar-refractivity contribution in [2.45, 2.75) is 77.3 Å². The molecule has 0 unspecified atom stereocenters. The maximum absolute atomic E-state index is 9.98. The third-order valence-electron chi connectivity index (χ3n) is 6.65. The van der Waals surface area contributed by atoms with Gasteiger partial charge in [0.15, 0.2) is 0 Å². The summed E-state index contributed by atoms with van der Waals surface area (Å²) in [7, 11) is 0. The van der Waals surface area contributed by atoms with E-state index >= 15 is 0 Å². The monoisotopic (exact) mass is 301 g/mol. The van der Waals surface area contributed by atoms with Crippen molar-refractivity contribution in [3.63, 3.8) is 0 Å². The van der Waals surface area contributed by atoms with E-state index in [0.717, 1.165) is 6.42 Å². The summed E-state index contributed by atoms with van der Waals surface area (Å²) < 4.78 is 0. The number of aromatic hydroxyl groups is 1. The Kier molecular flexibility index (Phi) is 4.24. The van der Waals surface area contributed by atoms with Gasteiger partial charge in [0.1, 0.15) is 5.75 Å². The summed E-state index contributed by atoms with van der Waals surface area (Å²) in [6, 6.07) is 7.44. The molecule has 0 amide bonds. The van der Waals surface area contributed by atoms with E-state index in [2.05, 4.69) is 44.7 Å². The highest BCUT2D eigenvalue weighted by atomic mass is 16.3. The first-order valence-electron chi connectivity index (χ1n) is 9.11. The lowest BCUT2D eigenvalue weighted by Crippen LogP contribution is -2.60. The van der Waals surface area contributed by atoms with E-state index in [-0.39, 0.29) is 5.41 Å². The van der Waals surface area contributed by atoms with Crippen molar-refractivity contribution in [1.82, 2.24) is 4.90 Å². The van der Waals surface area contributed by atoms with E-state index in [4.69, 9.17) is 0 Å². The quantitative estimate of drug-likeness (QED) is 0.885. The van der Waals surface area contributed by atoms with E-state index in [1.54, 1.807) is 0 Å². The molecule has 1 heterocycles. The van der Waals surface area contributed by atoms with Gasteiger partial charge in [0, 0.05) is 17.5 Å². The number of phenolic OH excluding ortho intramolecular Hbond substituents is 1. The Bertz CT molecular complexity index is 541. The van der Waals surface area contributed by atoms with Gasteiger partial charge in [0.05, 0.1) is 0 Å². The Labute approximate surface area is 135 Å². The van der Waals surface area contributed by atoms with Gasteiger partial charge < -0.3 is 5.11 Å². The molecule has 4 atom stereocenters. The number of likely N-dealkylation sites (tertiary alicyclic amines) is 1. The summed E-state index contributed by atoms with van der Waals surface area (Å²) in [5.74, 6) is 1.10. The Morgan fingerprint density at radius 2 is 2.14 bits per heavy atom. The van der Waals surface area contributed by atoms with Gasteiger partial charge in [-0.05, 0) is 68.3 Å². The number of hydrogen-bond donors (Lipinski definition) is 1. The summed E-state index contributed by atoms with van der Waals surface area (Å²) in [5, 5.41) is 9.98. The first kappa shape index (κ1) is 15.9. The van der Waals surface area contributed by atoms with Crippen LogP contribution in [-0.2, 0) is 11.8 Å². The molecule has 0 radical (unpaired) electrons. The van der Waals surface area contributed by atoms with Crippen molar-refractivity contribution in [3.8, 4) is 5.75 Å². The van der Waals surface area contributed by atoms with Gasteiger partial charge in [0.25, 0.3) is 0 Å². The van der Waals surface area contributed by atoms with Gasteiger partial charge in [-0.25, -0.2) is 0 Å². The lowest BCUT2D eigenvalue weighted by atomic mass is 9.56. The lowest BCUT2D eigenvalue weighted by Gasteiger charge is -2.57. The van der Waals surface area contributed by atoms with Crippen LogP contribution in [0.15, 0.2) is 18.2 Å². The molecule has 122 valence electrons. The minimum atomic E-state index is 0.263. The van der Waals surface area contributed by atoms with E-state index in [1.165, 1.54) is 43.4 Å². The normalized spacial score (nSPS) is 32.5. The molecular formula is C20H31NO. The molecule has 1 aromatic carbocycles. The van der Waals surface area contributed by atoms with Gasteiger partial charge in [-0.15, -0.1) is 0 Å². The zero-order valence-corrected chi connectivity index (χ0v) is 14.6. The predicted molar refractivity (Wildman–Crippen MR) is 92.4 cm³/mol. The van der Waals surface area contributed by atoms with Crippen molar-refractivity contribution in [3.05, 3.63) is 29.3 Å². The van der Waals surface area contributed by atoms with Crippen LogP contribution in [0.25, 0.3) is 0 Å². The number of nitrogens with zero attached hydrogens (tertiary/aromatic N) is 1. The van der Waals surface area contributed by atoms with Crippen LogP contribution in [0.3, 0.4) is 0 Å². The summed E-state index contributed by atoms with van der Waals surface area (Å²) in [5.41, 5.74) is 3.16. The molecule has 1 aliphatic heterocycles. The zero-order valence-electron chi connectivity index (χ0n) is 14.6. The van der Waals surface area contributed by atoms with Gasteiger partial charge in [-0.2, -0.15) is 0 Å². The molecule has 1 N–H and O–H groups in total. The topological polar surface area (TPSA) is 23.5 Å². The van der Waals surface area contributed by atoms with Crippen LogP contribution in [0.5, 0.6) is 5.75 Å². The molecule has 22 heavy (non-hydrogen) atoms. The Hall–Kier alpha value is -1.02. The Balaban J connectivity index is 2.01. The first-order chi connectivity index (χ1) is 10.5. The van der Waals surface area contributed by atoms with Crippen molar-refractivity contribution >= 4 is 0 Å². The van der Waals surface area contributed by atoms with E-state index in [1.807, 2.05) is 6.07 Å². The lowest BCUT2D eigenvalue weighted by molar-refractivity contribution is -0.00472. The van der Waals surface area contributed by atoms with E-state index < -0.39 is 0 Å². The van der Waals surface area contributed by atoms with Crippen LogP contribution in [0.1, 0.15) is 64.5 Å². The minimum absolute atomic E-state index is 0.263. The highest BCUT2D eigenvalue weighted by Gasteiger charge is 2.50. The molecule has 0 spiro atoms. The van der Waals surface area contributed by atoms with Gasteiger partial charge in [-0.1, -0.05) is 33.3 Å². The van der Waals surface area contributed by atoms with Crippen LogP contribution in [0.2, 0.25) is 0 Å². The van der Waals surface area contributed by atoms with E-state index in [9.17, 15) is 5.11 Å². The molecule has 1 aromatic rings. The molecule has 1 aliphatic carbocycles. The molecular weight excluding hydrogens is 270 g/mol. The fourth-order valence-corrected chi connectivity index (χ4v) is 5.30. The minimum Gasteiger partial charge on any atom is -0.508 e. The third-order valence-corrected chi connectivity index (χ3v) is 6.65. The number of phenols is 1. The van der Waals surface area contributed by atoms with Crippen LogP contribution >= 0.6 is 0 Å². The molecule has 0 saturated carbocycles. The van der Waals surface area contributed by atoms with Crippen molar-refractivity contribution in [1.29, 1.82) is 0 Å². The standard InChI is InChI=1S/C20H31NO/c1-5-7-14(3)21-11-10-20(6-2)15(4)19(21)12-16-8-9-17(22)13-18(16)20/h8-9,13-15,19,22H,5-7,10-12H2,1-4H3/t14-,15-,19+,20-/m0/s1. The largest absolute Gasteiger partial charge is 0.508 e. The Morgan fingerprint density at radius 1 is 1.36 bits per heavy atom. The second-order valence-corrected chi connectivity index (χ2v) is 7.54. The van der Waals surface area contributed by atoms with Crippen molar-refractivity contribution < 1.29 is 5.11 Å². The second kappa shape index (κ2) is 5.88. The number of piperidine rings is 1. The molecule has 1 saturated heterocycles. The molecule has 1 fully saturated rings. The van der Waals surface area contributed by atoms with Crippen LogP contribution in [0.4, 0.5) is 0 Å². The SMILES string of the molecule is CCC[C@H](C)N1CC[C@]2(CC)c3cc(O)ccc3C[C@@H]1[C@@H]2C. The number of hydrogen-bond acceptors (Lipinski definition) is 2. The third kappa shape index (κ3) is 2.27. The average Bonchev–Trinajstić information content (AvgIpc) is 2.49. The summed E-state index contributed by atoms with van der Waals surface area (Å²) >= 11 is 0. The fraction of sp³-hybridized carbons (Fsp3) is 0.700. The maximum atomic E-state index is 9.98. The Morgan fingerprint density at radius 3 is 2.82 bits per heavy atom. The zero-order chi connectivity index (χ0) is 15.9. The summed E-state index contributed by atoms with van der Waals surface area (Å²) in [6.45, 7) is 10.7. The molecule has 2 aliphatic rings. The number of fused-ring (bicyclic) bond motifs is 4. The van der Waals surface area contributed by atoms with Gasteiger partial charge in [0.2, 0.25) is 0 Å². The van der Waals surface area contributed by atoms with Crippen LogP contribution < -0.4 is 0 Å². The highest BCUT2D eigenvalue weighted by Crippen LogP contribution is 2.51.